The Hall–Kier alpha value is -0.120. The Bertz CT molecular complexity index is 87.7. The summed E-state index contributed by atoms with van der Waals surface area (Å²) in [6.45, 7) is 13.5. The molecule has 0 aliphatic carbocycles. The largest absolute Gasteiger partial charge is 0.412 e. The smallest absolute Gasteiger partial charge is 0.00194 e. The predicted octanol–water partition coefficient (Wildman–Crippen LogP) is 2.14. The normalized spacial score (nSPS) is 8.80. The third-order valence-corrected chi connectivity index (χ3v) is 1.69. The molecule has 0 bridgehead atoms. The maximum atomic E-state index is 2.40. The van der Waals surface area contributed by atoms with E-state index in [1.807, 2.05) is 0 Å². The Kier molecular flexibility index (Phi) is 31.4. The van der Waals surface area contributed by atoms with Crippen LogP contribution in [0.1, 0.15) is 53.9 Å². The molecule has 0 atom stereocenters. The van der Waals surface area contributed by atoms with Crippen LogP contribution in [0.4, 0.5) is 0 Å². The second-order valence-electron chi connectivity index (χ2n) is 4.19. The molecule has 0 saturated heterocycles. The van der Waals surface area contributed by atoms with Crippen LogP contribution in [0.2, 0.25) is 0 Å². The minimum absolute atomic E-state index is 0. The first-order valence-corrected chi connectivity index (χ1v) is 5.76. The van der Waals surface area contributed by atoms with E-state index in [1.165, 1.54) is 32.4 Å². The fourth-order valence-corrected chi connectivity index (χ4v) is 0.972. The fourth-order valence-electron chi connectivity index (χ4n) is 0.972. The van der Waals surface area contributed by atoms with Gasteiger partial charge >= 0.3 is 0 Å². The van der Waals surface area contributed by atoms with Crippen molar-refractivity contribution in [1.29, 1.82) is 0 Å². The second-order valence-corrected chi connectivity index (χ2v) is 4.19. The van der Waals surface area contributed by atoms with Crippen molar-refractivity contribution in [3.05, 3.63) is 0 Å². The molecule has 0 aliphatic rings. The highest BCUT2D eigenvalue weighted by Crippen LogP contribution is 2.00. The molecular formula is C12H33NO2. The zero-order chi connectivity index (χ0) is 10.7. The van der Waals surface area contributed by atoms with Crippen LogP contribution in [0.5, 0.6) is 0 Å². The minimum atomic E-state index is 0. The van der Waals surface area contributed by atoms with Crippen molar-refractivity contribution in [2.45, 2.75) is 53.9 Å². The van der Waals surface area contributed by atoms with Crippen molar-refractivity contribution in [1.82, 2.24) is 4.90 Å². The van der Waals surface area contributed by atoms with Crippen LogP contribution in [0.3, 0.4) is 0 Å². The molecule has 0 saturated carbocycles. The summed E-state index contributed by atoms with van der Waals surface area (Å²) in [6, 6.07) is 0. The average molecular weight is 223 g/mol. The summed E-state index contributed by atoms with van der Waals surface area (Å²) >= 11 is 0. The summed E-state index contributed by atoms with van der Waals surface area (Å²) < 4.78 is 0. The molecule has 0 unspecified atom stereocenters. The maximum Gasteiger partial charge on any atom is -0.00194 e. The monoisotopic (exact) mass is 223 g/mol. The molecule has 0 heterocycles. The van der Waals surface area contributed by atoms with Gasteiger partial charge in [-0.05, 0) is 38.9 Å². The Morgan fingerprint density at radius 3 is 1.60 bits per heavy atom. The van der Waals surface area contributed by atoms with E-state index in [0.717, 1.165) is 5.92 Å². The van der Waals surface area contributed by atoms with Gasteiger partial charge in [0.2, 0.25) is 0 Å². The molecule has 0 aromatic heterocycles. The van der Waals surface area contributed by atoms with Crippen LogP contribution < -0.4 is 0 Å². The highest BCUT2D eigenvalue weighted by atomic mass is 16.0. The number of hydrogen-bond donors (Lipinski definition) is 0. The third-order valence-electron chi connectivity index (χ3n) is 1.69. The third kappa shape index (κ3) is 31.5. The van der Waals surface area contributed by atoms with Crippen LogP contribution in [0, 0.1) is 5.92 Å². The summed E-state index contributed by atoms with van der Waals surface area (Å²) in [7, 11) is 2.20. The molecule has 3 nitrogen and oxygen atoms in total. The average Bonchev–Trinajstić information content (AvgIpc) is 2.03. The molecule has 98 valence electrons. The van der Waals surface area contributed by atoms with Crippen molar-refractivity contribution in [2.24, 2.45) is 5.92 Å². The molecule has 15 heavy (non-hydrogen) atoms. The summed E-state index contributed by atoms with van der Waals surface area (Å²) in [5.41, 5.74) is 0. The molecule has 0 amide bonds. The SMILES string of the molecule is CCC.CCCN(C)CCC(C)C.O.O. The van der Waals surface area contributed by atoms with Gasteiger partial charge in [-0.1, -0.05) is 41.0 Å². The van der Waals surface area contributed by atoms with Gasteiger partial charge < -0.3 is 15.9 Å². The summed E-state index contributed by atoms with van der Waals surface area (Å²) in [4.78, 5) is 2.40. The topological polar surface area (TPSA) is 66.2 Å². The zero-order valence-corrected chi connectivity index (χ0v) is 11.6. The molecular weight excluding hydrogens is 190 g/mol. The number of hydrogen-bond acceptors (Lipinski definition) is 1. The summed E-state index contributed by atoms with van der Waals surface area (Å²) in [5, 5.41) is 0. The van der Waals surface area contributed by atoms with Crippen LogP contribution in [0.15, 0.2) is 0 Å². The first-order chi connectivity index (χ1) is 6.08. The van der Waals surface area contributed by atoms with Crippen LogP contribution in [-0.2, 0) is 0 Å². The van der Waals surface area contributed by atoms with Crippen LogP contribution >= 0.6 is 0 Å². The van der Waals surface area contributed by atoms with Crippen LogP contribution in [0.25, 0.3) is 0 Å². The number of rotatable bonds is 5. The van der Waals surface area contributed by atoms with E-state index in [9.17, 15) is 0 Å². The Labute approximate surface area is 96.5 Å². The maximum absolute atomic E-state index is 2.40. The summed E-state index contributed by atoms with van der Waals surface area (Å²) in [6.07, 6.45) is 3.85. The van der Waals surface area contributed by atoms with Gasteiger partial charge in [0.15, 0.2) is 0 Å². The lowest BCUT2D eigenvalue weighted by Gasteiger charge is -2.16. The molecule has 4 N–H and O–H groups in total. The van der Waals surface area contributed by atoms with Gasteiger partial charge in [-0.2, -0.15) is 0 Å². The summed E-state index contributed by atoms with van der Waals surface area (Å²) in [5.74, 6) is 0.847. The van der Waals surface area contributed by atoms with E-state index in [1.54, 1.807) is 0 Å². The standard InChI is InChI=1S/C9H21N.C3H8.2H2O/c1-5-7-10(4)8-6-9(2)3;1-3-2;;/h9H,5-8H2,1-4H3;3H2,1-2H3;2*1H2. The van der Waals surface area contributed by atoms with Gasteiger partial charge in [0, 0.05) is 0 Å². The van der Waals surface area contributed by atoms with Gasteiger partial charge in [0.25, 0.3) is 0 Å². The van der Waals surface area contributed by atoms with Gasteiger partial charge in [-0.15, -0.1) is 0 Å². The lowest BCUT2D eigenvalue weighted by atomic mass is 10.1. The van der Waals surface area contributed by atoms with E-state index in [0.29, 0.717) is 0 Å². The van der Waals surface area contributed by atoms with E-state index in [-0.39, 0.29) is 11.0 Å². The highest BCUT2D eigenvalue weighted by Gasteiger charge is 1.97. The first-order valence-electron chi connectivity index (χ1n) is 5.76. The van der Waals surface area contributed by atoms with Crippen molar-refractivity contribution < 1.29 is 11.0 Å². The molecule has 0 aromatic rings. The van der Waals surface area contributed by atoms with Crippen molar-refractivity contribution in [3.63, 3.8) is 0 Å². The van der Waals surface area contributed by atoms with E-state index >= 15 is 0 Å². The molecule has 0 fully saturated rings. The molecule has 0 radical (unpaired) electrons. The van der Waals surface area contributed by atoms with E-state index < -0.39 is 0 Å². The lowest BCUT2D eigenvalue weighted by Crippen LogP contribution is -2.21. The van der Waals surface area contributed by atoms with E-state index in [2.05, 4.69) is 46.6 Å². The highest BCUT2D eigenvalue weighted by molar-refractivity contribution is 4.52. The molecule has 0 spiro atoms. The van der Waals surface area contributed by atoms with Gasteiger partial charge in [0.05, 0.1) is 0 Å². The lowest BCUT2D eigenvalue weighted by molar-refractivity contribution is 0.311. The Morgan fingerprint density at radius 1 is 0.933 bits per heavy atom. The molecule has 3 heteroatoms. The zero-order valence-electron chi connectivity index (χ0n) is 11.6. The Morgan fingerprint density at radius 2 is 1.33 bits per heavy atom. The van der Waals surface area contributed by atoms with Crippen molar-refractivity contribution >= 4 is 0 Å². The van der Waals surface area contributed by atoms with Gasteiger partial charge in [-0.3, -0.25) is 0 Å². The minimum Gasteiger partial charge on any atom is -0.412 e. The predicted molar refractivity (Wildman–Crippen MR) is 70.4 cm³/mol. The first kappa shape index (κ1) is 24.2. The molecule has 0 aliphatic heterocycles. The van der Waals surface area contributed by atoms with Crippen LogP contribution in [-0.4, -0.2) is 36.0 Å². The molecule has 0 rings (SSSR count). The van der Waals surface area contributed by atoms with Gasteiger partial charge in [-0.25, -0.2) is 0 Å². The van der Waals surface area contributed by atoms with Gasteiger partial charge in [0.1, 0.15) is 0 Å². The Balaban J connectivity index is -0.000000108. The second kappa shape index (κ2) is 19.5. The van der Waals surface area contributed by atoms with Crippen molar-refractivity contribution in [2.75, 3.05) is 20.1 Å². The molecule has 0 aromatic carbocycles. The quantitative estimate of drug-likeness (QED) is 0.704. The van der Waals surface area contributed by atoms with Crippen molar-refractivity contribution in [3.8, 4) is 0 Å². The fraction of sp³-hybridized carbons (Fsp3) is 1.00. The number of nitrogens with zero attached hydrogens (tertiary/aromatic N) is 1. The van der Waals surface area contributed by atoms with E-state index in [4.69, 9.17) is 0 Å².